The van der Waals surface area contributed by atoms with Gasteiger partial charge < -0.3 is 10.2 Å². The molecule has 0 aliphatic carbocycles. The summed E-state index contributed by atoms with van der Waals surface area (Å²) in [5, 5.41) is 3.52. The molecule has 1 aromatic rings. The summed E-state index contributed by atoms with van der Waals surface area (Å²) in [6.07, 6.45) is 6.10. The van der Waals surface area contributed by atoms with E-state index in [0.717, 1.165) is 12.4 Å². The number of hydrogen-bond donors (Lipinski definition) is 1. The molecule has 2 rings (SSSR count). The van der Waals surface area contributed by atoms with Crippen LogP contribution in [0.3, 0.4) is 0 Å². The van der Waals surface area contributed by atoms with Gasteiger partial charge in [-0.15, -0.1) is 0 Å². The van der Waals surface area contributed by atoms with Gasteiger partial charge >= 0.3 is 0 Å². The Kier molecular flexibility index (Phi) is 5.03. The second-order valence-corrected chi connectivity index (χ2v) is 7.09. The van der Waals surface area contributed by atoms with E-state index in [1.54, 1.807) is 0 Å². The van der Waals surface area contributed by atoms with E-state index in [2.05, 4.69) is 55.0 Å². The van der Waals surface area contributed by atoms with Gasteiger partial charge in [0.05, 0.1) is 0 Å². The number of hydrogen-bond acceptors (Lipinski definition) is 3. The quantitative estimate of drug-likeness (QED) is 0.909. The van der Waals surface area contributed by atoms with Crippen LogP contribution in [0, 0.1) is 0 Å². The normalized spacial score (nSPS) is 18.8. The maximum absolute atomic E-state index is 4.55. The van der Waals surface area contributed by atoms with E-state index in [9.17, 15) is 0 Å². The van der Waals surface area contributed by atoms with E-state index < -0.39 is 0 Å². The van der Waals surface area contributed by atoms with Gasteiger partial charge in [0.25, 0.3) is 0 Å². The first-order valence-electron chi connectivity index (χ1n) is 7.90. The minimum Gasteiger partial charge on any atom is -0.366 e. The molecule has 1 aromatic heterocycles. The van der Waals surface area contributed by atoms with E-state index in [-0.39, 0.29) is 5.41 Å². The lowest BCUT2D eigenvalue weighted by molar-refractivity contribution is 0.223. The van der Waals surface area contributed by atoms with Gasteiger partial charge in [0.1, 0.15) is 5.82 Å². The average Bonchev–Trinajstić information content (AvgIpc) is 2.39. The van der Waals surface area contributed by atoms with Gasteiger partial charge in [-0.1, -0.05) is 33.3 Å². The Morgan fingerprint density at radius 3 is 2.45 bits per heavy atom. The monoisotopic (exact) mass is 275 g/mol. The van der Waals surface area contributed by atoms with Gasteiger partial charge in [-0.2, -0.15) is 0 Å². The zero-order valence-electron chi connectivity index (χ0n) is 13.4. The Labute approximate surface area is 123 Å². The molecule has 0 amide bonds. The summed E-state index contributed by atoms with van der Waals surface area (Å²) in [4.78, 5) is 7.11. The summed E-state index contributed by atoms with van der Waals surface area (Å²) in [6.45, 7) is 12.5. The summed E-state index contributed by atoms with van der Waals surface area (Å²) in [6, 6.07) is 4.73. The van der Waals surface area contributed by atoms with Gasteiger partial charge in [-0.25, -0.2) is 4.98 Å². The lowest BCUT2D eigenvalue weighted by Crippen LogP contribution is -2.38. The number of likely N-dealkylation sites (tertiary alicyclic amines) is 1. The lowest BCUT2D eigenvalue weighted by Gasteiger charge is -2.29. The van der Waals surface area contributed by atoms with Crippen LogP contribution in [0.1, 0.15) is 52.5 Å². The number of nitrogens with one attached hydrogen (secondary N) is 1. The molecule has 0 bridgehead atoms. The molecule has 2 heterocycles. The van der Waals surface area contributed by atoms with Gasteiger partial charge in [0.15, 0.2) is 0 Å². The molecule has 3 nitrogen and oxygen atoms in total. The van der Waals surface area contributed by atoms with Gasteiger partial charge in [0.2, 0.25) is 0 Å². The van der Waals surface area contributed by atoms with E-state index in [1.165, 1.54) is 37.9 Å². The highest BCUT2D eigenvalue weighted by Gasteiger charge is 2.15. The topological polar surface area (TPSA) is 28.2 Å². The van der Waals surface area contributed by atoms with Crippen LogP contribution in [-0.4, -0.2) is 35.6 Å². The molecule has 0 aromatic carbocycles. The molecule has 1 fully saturated rings. The molecule has 1 unspecified atom stereocenters. The highest BCUT2D eigenvalue weighted by molar-refractivity contribution is 5.38. The standard InChI is InChI=1S/C17H29N3/c1-14(13-20-10-6-5-7-11-20)19-16-9-8-15(12-18-16)17(2,3)4/h8-9,12,14H,5-7,10-11,13H2,1-4H3,(H,18,19). The SMILES string of the molecule is CC(CN1CCCCC1)Nc1ccc(C(C)(C)C)cn1. The van der Waals surface area contributed by atoms with Crippen molar-refractivity contribution in [3.63, 3.8) is 0 Å². The summed E-state index contributed by atoms with van der Waals surface area (Å²) in [7, 11) is 0. The molecule has 1 saturated heterocycles. The zero-order chi connectivity index (χ0) is 14.6. The van der Waals surface area contributed by atoms with Crippen LogP contribution >= 0.6 is 0 Å². The molecular weight excluding hydrogens is 246 g/mol. The van der Waals surface area contributed by atoms with Crippen molar-refractivity contribution in [1.82, 2.24) is 9.88 Å². The summed E-state index contributed by atoms with van der Waals surface area (Å²) in [5.74, 6) is 0.988. The molecule has 1 aliphatic heterocycles. The zero-order valence-corrected chi connectivity index (χ0v) is 13.4. The second-order valence-electron chi connectivity index (χ2n) is 7.09. The van der Waals surface area contributed by atoms with Crippen LogP contribution in [0.25, 0.3) is 0 Å². The first-order valence-corrected chi connectivity index (χ1v) is 7.90. The molecule has 0 spiro atoms. The minimum atomic E-state index is 0.172. The summed E-state index contributed by atoms with van der Waals surface area (Å²) in [5.41, 5.74) is 1.46. The van der Waals surface area contributed by atoms with Crippen molar-refractivity contribution in [3.8, 4) is 0 Å². The third kappa shape index (κ3) is 4.48. The van der Waals surface area contributed by atoms with Crippen molar-refractivity contribution < 1.29 is 0 Å². The number of aromatic nitrogens is 1. The predicted molar refractivity (Wildman–Crippen MR) is 86.3 cm³/mol. The Morgan fingerprint density at radius 1 is 1.20 bits per heavy atom. The van der Waals surface area contributed by atoms with Gasteiger partial charge in [-0.3, -0.25) is 0 Å². The maximum atomic E-state index is 4.55. The molecule has 0 radical (unpaired) electrons. The summed E-state index contributed by atoms with van der Waals surface area (Å²) >= 11 is 0. The molecule has 1 aliphatic rings. The number of piperidine rings is 1. The molecule has 1 atom stereocenters. The minimum absolute atomic E-state index is 0.172. The van der Waals surface area contributed by atoms with Crippen LogP contribution in [0.5, 0.6) is 0 Å². The van der Waals surface area contributed by atoms with Crippen LogP contribution in [0.2, 0.25) is 0 Å². The van der Waals surface area contributed by atoms with Crippen LogP contribution < -0.4 is 5.32 Å². The van der Waals surface area contributed by atoms with Crippen molar-refractivity contribution in [2.45, 2.75) is 58.4 Å². The predicted octanol–water partition coefficient (Wildman–Crippen LogP) is 3.67. The number of rotatable bonds is 4. The molecular formula is C17H29N3. The molecule has 112 valence electrons. The fraction of sp³-hybridized carbons (Fsp3) is 0.706. The highest BCUT2D eigenvalue weighted by Crippen LogP contribution is 2.22. The first-order chi connectivity index (χ1) is 9.45. The third-order valence-corrected chi connectivity index (χ3v) is 4.00. The summed E-state index contributed by atoms with van der Waals surface area (Å²) < 4.78 is 0. The Hall–Kier alpha value is -1.09. The average molecular weight is 275 g/mol. The van der Waals surface area contributed by atoms with Gasteiger partial charge in [-0.05, 0) is 49.9 Å². The first kappa shape index (κ1) is 15.3. The fourth-order valence-electron chi connectivity index (χ4n) is 2.75. The smallest absolute Gasteiger partial charge is 0.126 e. The Morgan fingerprint density at radius 2 is 1.90 bits per heavy atom. The second kappa shape index (κ2) is 6.57. The lowest BCUT2D eigenvalue weighted by atomic mass is 9.88. The Balaban J connectivity index is 1.86. The molecule has 1 N–H and O–H groups in total. The third-order valence-electron chi connectivity index (χ3n) is 4.00. The van der Waals surface area contributed by atoms with Crippen molar-refractivity contribution in [3.05, 3.63) is 23.9 Å². The Bertz CT molecular complexity index is 399. The number of nitrogens with zero attached hydrogens (tertiary/aromatic N) is 2. The maximum Gasteiger partial charge on any atom is 0.126 e. The molecule has 0 saturated carbocycles. The van der Waals surface area contributed by atoms with E-state index in [1.807, 2.05) is 6.20 Å². The highest BCUT2D eigenvalue weighted by atomic mass is 15.2. The van der Waals surface area contributed by atoms with Crippen LogP contribution in [0.15, 0.2) is 18.3 Å². The van der Waals surface area contributed by atoms with Crippen LogP contribution in [-0.2, 0) is 5.41 Å². The van der Waals surface area contributed by atoms with Crippen molar-refractivity contribution in [1.29, 1.82) is 0 Å². The number of pyridine rings is 1. The molecule has 20 heavy (non-hydrogen) atoms. The fourth-order valence-corrected chi connectivity index (χ4v) is 2.75. The van der Waals surface area contributed by atoms with Crippen molar-refractivity contribution in [2.24, 2.45) is 0 Å². The van der Waals surface area contributed by atoms with Gasteiger partial charge in [0, 0.05) is 18.8 Å². The van der Waals surface area contributed by atoms with E-state index in [0.29, 0.717) is 6.04 Å². The van der Waals surface area contributed by atoms with Crippen LogP contribution in [0.4, 0.5) is 5.82 Å². The largest absolute Gasteiger partial charge is 0.366 e. The molecule has 3 heteroatoms. The van der Waals surface area contributed by atoms with Crippen molar-refractivity contribution >= 4 is 5.82 Å². The van der Waals surface area contributed by atoms with E-state index >= 15 is 0 Å². The van der Waals surface area contributed by atoms with E-state index in [4.69, 9.17) is 0 Å². The van der Waals surface area contributed by atoms with Crippen molar-refractivity contribution in [2.75, 3.05) is 25.0 Å². The number of anilines is 1.